The Labute approximate surface area is 147 Å². The van der Waals surface area contributed by atoms with Gasteiger partial charge in [-0.3, -0.25) is 9.78 Å². The number of carbonyl (C=O) groups excluding carboxylic acids is 1. The van der Waals surface area contributed by atoms with Gasteiger partial charge in [-0.2, -0.15) is 5.26 Å². The molecule has 2 aromatic rings. The minimum absolute atomic E-state index is 0.0429. The van der Waals surface area contributed by atoms with Crippen LogP contribution in [0.3, 0.4) is 0 Å². The van der Waals surface area contributed by atoms with Crippen molar-refractivity contribution in [2.45, 2.75) is 26.3 Å². The molecule has 0 saturated carbocycles. The van der Waals surface area contributed by atoms with E-state index in [0.29, 0.717) is 43.1 Å². The molecule has 0 aliphatic rings. The fourth-order valence-corrected chi connectivity index (χ4v) is 2.25. The highest BCUT2D eigenvalue weighted by molar-refractivity contribution is 5.75. The molecular formula is C19H21N3O3. The topological polar surface area (TPSA) is 84.2 Å². The molecule has 0 radical (unpaired) electrons. The van der Waals surface area contributed by atoms with Crippen LogP contribution in [0.2, 0.25) is 0 Å². The summed E-state index contributed by atoms with van der Waals surface area (Å²) >= 11 is 0. The maximum Gasteiger partial charge on any atom is 0.220 e. The third-order valence-corrected chi connectivity index (χ3v) is 3.51. The highest BCUT2D eigenvalue weighted by Gasteiger charge is 2.07. The molecule has 1 aromatic carbocycles. The van der Waals surface area contributed by atoms with E-state index in [2.05, 4.69) is 10.3 Å². The van der Waals surface area contributed by atoms with Gasteiger partial charge in [0.1, 0.15) is 0 Å². The number of ether oxygens (including phenoxy) is 2. The molecule has 0 spiro atoms. The van der Waals surface area contributed by atoms with Crippen molar-refractivity contribution in [1.29, 1.82) is 5.26 Å². The van der Waals surface area contributed by atoms with E-state index in [0.717, 1.165) is 11.4 Å². The first kappa shape index (κ1) is 18.3. The number of methoxy groups -OCH3 is 1. The Balaban J connectivity index is 1.72. The minimum atomic E-state index is -0.0429. The zero-order valence-corrected chi connectivity index (χ0v) is 14.4. The first-order chi connectivity index (χ1) is 12.1. The molecule has 1 N–H and O–H groups in total. The lowest BCUT2D eigenvalue weighted by Crippen LogP contribution is -2.23. The maximum atomic E-state index is 11.9. The number of pyridine rings is 1. The summed E-state index contributed by atoms with van der Waals surface area (Å²) in [5.74, 6) is 1.03. The third kappa shape index (κ3) is 5.81. The van der Waals surface area contributed by atoms with Crippen LogP contribution in [0.25, 0.3) is 0 Å². The monoisotopic (exact) mass is 339 g/mol. The second-order valence-electron chi connectivity index (χ2n) is 5.48. The molecule has 6 heteroatoms. The number of nitrogens with zero attached hydrogens (tertiary/aromatic N) is 2. The average molecular weight is 339 g/mol. The van der Waals surface area contributed by atoms with Gasteiger partial charge >= 0.3 is 0 Å². The molecule has 0 aliphatic heterocycles. The van der Waals surface area contributed by atoms with E-state index in [1.807, 2.05) is 31.2 Å². The molecule has 1 amide bonds. The first-order valence-corrected chi connectivity index (χ1v) is 8.02. The van der Waals surface area contributed by atoms with Crippen molar-refractivity contribution in [1.82, 2.24) is 10.3 Å². The predicted octanol–water partition coefficient (Wildman–Crippen LogP) is 2.75. The van der Waals surface area contributed by atoms with Crippen molar-refractivity contribution in [3.05, 3.63) is 53.3 Å². The maximum absolute atomic E-state index is 11.9. The predicted molar refractivity (Wildman–Crippen MR) is 93.3 cm³/mol. The molecular weight excluding hydrogens is 318 g/mol. The van der Waals surface area contributed by atoms with E-state index >= 15 is 0 Å². The molecule has 0 saturated heterocycles. The number of nitriles is 1. The van der Waals surface area contributed by atoms with Gasteiger partial charge in [0.2, 0.25) is 5.91 Å². The summed E-state index contributed by atoms with van der Waals surface area (Å²) < 4.78 is 10.8. The number of carbonyl (C=O) groups is 1. The van der Waals surface area contributed by atoms with Crippen LogP contribution < -0.4 is 14.8 Å². The Morgan fingerprint density at radius 2 is 2.12 bits per heavy atom. The lowest BCUT2D eigenvalue weighted by Gasteiger charge is -2.11. The Kier molecular flexibility index (Phi) is 6.78. The quantitative estimate of drug-likeness (QED) is 0.748. The number of aryl methyl sites for hydroxylation is 1. The number of amides is 1. The smallest absolute Gasteiger partial charge is 0.220 e. The number of nitrogens with one attached hydrogen (secondary N) is 1. The van der Waals surface area contributed by atoms with Gasteiger partial charge in [-0.15, -0.1) is 0 Å². The fraction of sp³-hybridized carbons (Fsp3) is 0.316. The van der Waals surface area contributed by atoms with Crippen LogP contribution >= 0.6 is 0 Å². The van der Waals surface area contributed by atoms with Crippen LogP contribution in [0.15, 0.2) is 36.4 Å². The second kappa shape index (κ2) is 9.28. The largest absolute Gasteiger partial charge is 0.493 e. The molecule has 130 valence electrons. The Bertz CT molecular complexity index is 769. The molecule has 0 aliphatic carbocycles. The Hall–Kier alpha value is -3.07. The standard InChI is InChI=1S/C19H21N3O3/c1-14-5-3-6-16(22-14)13-21-19(23)7-4-10-25-17-9-8-15(12-20)11-18(17)24-2/h3,5-6,8-9,11H,4,7,10,13H2,1-2H3,(H,21,23). The number of hydrogen-bond acceptors (Lipinski definition) is 5. The summed E-state index contributed by atoms with van der Waals surface area (Å²) in [6.07, 6.45) is 0.945. The van der Waals surface area contributed by atoms with Crippen molar-refractivity contribution < 1.29 is 14.3 Å². The van der Waals surface area contributed by atoms with Crippen molar-refractivity contribution in [3.63, 3.8) is 0 Å². The number of hydrogen-bond donors (Lipinski definition) is 1. The van der Waals surface area contributed by atoms with Gasteiger partial charge in [0, 0.05) is 18.2 Å². The van der Waals surface area contributed by atoms with Gasteiger partial charge in [0.05, 0.1) is 37.6 Å². The normalized spacial score (nSPS) is 9.96. The van der Waals surface area contributed by atoms with Crippen LogP contribution in [0, 0.1) is 18.3 Å². The summed E-state index contributed by atoms with van der Waals surface area (Å²) in [7, 11) is 1.52. The molecule has 0 bridgehead atoms. The molecule has 0 unspecified atom stereocenters. The molecule has 1 aromatic heterocycles. The Morgan fingerprint density at radius 1 is 1.28 bits per heavy atom. The van der Waals surface area contributed by atoms with E-state index < -0.39 is 0 Å². The van der Waals surface area contributed by atoms with E-state index in [1.165, 1.54) is 7.11 Å². The van der Waals surface area contributed by atoms with E-state index in [9.17, 15) is 4.79 Å². The van der Waals surface area contributed by atoms with Gasteiger partial charge in [-0.1, -0.05) is 6.07 Å². The van der Waals surface area contributed by atoms with Crippen molar-refractivity contribution >= 4 is 5.91 Å². The molecule has 1 heterocycles. The van der Waals surface area contributed by atoms with E-state index in [1.54, 1.807) is 18.2 Å². The zero-order chi connectivity index (χ0) is 18.1. The molecule has 0 atom stereocenters. The van der Waals surface area contributed by atoms with Gasteiger partial charge in [0.25, 0.3) is 0 Å². The van der Waals surface area contributed by atoms with Gasteiger partial charge < -0.3 is 14.8 Å². The summed E-state index contributed by atoms with van der Waals surface area (Å²) in [5, 5.41) is 11.7. The Morgan fingerprint density at radius 3 is 2.84 bits per heavy atom. The second-order valence-corrected chi connectivity index (χ2v) is 5.48. The van der Waals surface area contributed by atoms with Crippen LogP contribution in [0.5, 0.6) is 11.5 Å². The van der Waals surface area contributed by atoms with Crippen molar-refractivity contribution in [2.24, 2.45) is 0 Å². The van der Waals surface area contributed by atoms with Gasteiger partial charge in [-0.05, 0) is 37.6 Å². The first-order valence-electron chi connectivity index (χ1n) is 8.02. The highest BCUT2D eigenvalue weighted by atomic mass is 16.5. The van der Waals surface area contributed by atoms with Crippen molar-refractivity contribution in [2.75, 3.05) is 13.7 Å². The fourth-order valence-electron chi connectivity index (χ4n) is 2.25. The van der Waals surface area contributed by atoms with Gasteiger partial charge in [0.15, 0.2) is 11.5 Å². The zero-order valence-electron chi connectivity index (χ0n) is 14.4. The van der Waals surface area contributed by atoms with Crippen molar-refractivity contribution in [3.8, 4) is 17.6 Å². The molecule has 0 fully saturated rings. The van der Waals surface area contributed by atoms with Crippen LogP contribution in [0.1, 0.15) is 29.8 Å². The third-order valence-electron chi connectivity index (χ3n) is 3.51. The summed E-state index contributed by atoms with van der Waals surface area (Å²) in [4.78, 5) is 16.2. The highest BCUT2D eigenvalue weighted by Crippen LogP contribution is 2.27. The number of rotatable bonds is 8. The van der Waals surface area contributed by atoms with Crippen LogP contribution in [-0.4, -0.2) is 24.6 Å². The number of benzene rings is 1. The summed E-state index contributed by atoms with van der Waals surface area (Å²) in [6.45, 7) is 2.73. The lowest BCUT2D eigenvalue weighted by molar-refractivity contribution is -0.121. The van der Waals surface area contributed by atoms with Gasteiger partial charge in [-0.25, -0.2) is 0 Å². The molecule has 6 nitrogen and oxygen atoms in total. The summed E-state index contributed by atoms with van der Waals surface area (Å²) in [6, 6.07) is 12.8. The number of aromatic nitrogens is 1. The lowest BCUT2D eigenvalue weighted by atomic mass is 10.2. The average Bonchev–Trinajstić information content (AvgIpc) is 2.63. The molecule has 25 heavy (non-hydrogen) atoms. The van der Waals surface area contributed by atoms with Crippen LogP contribution in [-0.2, 0) is 11.3 Å². The van der Waals surface area contributed by atoms with E-state index in [-0.39, 0.29) is 5.91 Å². The molecule has 2 rings (SSSR count). The van der Waals surface area contributed by atoms with Crippen LogP contribution in [0.4, 0.5) is 0 Å². The summed E-state index contributed by atoms with van der Waals surface area (Å²) in [5.41, 5.74) is 2.27. The van der Waals surface area contributed by atoms with E-state index in [4.69, 9.17) is 14.7 Å². The SMILES string of the molecule is COc1cc(C#N)ccc1OCCCC(=O)NCc1cccc(C)n1. The minimum Gasteiger partial charge on any atom is -0.493 e.